The van der Waals surface area contributed by atoms with Crippen molar-refractivity contribution in [3.8, 4) is 0 Å². The van der Waals surface area contributed by atoms with Gasteiger partial charge < -0.3 is 15.6 Å². The van der Waals surface area contributed by atoms with Crippen molar-refractivity contribution in [3.05, 3.63) is 30.1 Å². The van der Waals surface area contributed by atoms with Gasteiger partial charge in [0.15, 0.2) is 0 Å². The standard InChI is InChI=1S/C16H18N4O2/c21-13-7-6-12(14(20-13)9-4-5-9)19-16(22)10-2-1-3-11-15(10)18-8-17-11/h1-3,8-9,12,14H,4-7H2,(H,17,18)(H,19,22)(H,20,21)/t12-,14+/m1/s1. The number of carbonyl (C=O) groups is 2. The molecule has 0 unspecified atom stereocenters. The quantitative estimate of drug-likeness (QED) is 0.799. The van der Waals surface area contributed by atoms with Gasteiger partial charge in [-0.2, -0.15) is 0 Å². The zero-order chi connectivity index (χ0) is 15.1. The van der Waals surface area contributed by atoms with Crippen LogP contribution in [0.2, 0.25) is 0 Å². The lowest BCUT2D eigenvalue weighted by Gasteiger charge is -2.33. The number of imidazole rings is 1. The molecule has 4 rings (SSSR count). The number of hydrogen-bond acceptors (Lipinski definition) is 3. The molecule has 1 aromatic carbocycles. The first-order valence-electron chi connectivity index (χ1n) is 7.75. The molecule has 22 heavy (non-hydrogen) atoms. The summed E-state index contributed by atoms with van der Waals surface area (Å²) < 4.78 is 0. The number of nitrogens with zero attached hydrogens (tertiary/aromatic N) is 1. The molecule has 2 amide bonds. The number of rotatable bonds is 3. The van der Waals surface area contributed by atoms with Crippen molar-refractivity contribution in [1.29, 1.82) is 0 Å². The molecule has 1 saturated heterocycles. The Hall–Kier alpha value is -2.37. The zero-order valence-corrected chi connectivity index (χ0v) is 12.1. The van der Waals surface area contributed by atoms with Crippen LogP contribution in [0.5, 0.6) is 0 Å². The minimum Gasteiger partial charge on any atom is -0.351 e. The molecule has 1 aliphatic carbocycles. The molecule has 0 radical (unpaired) electrons. The van der Waals surface area contributed by atoms with E-state index in [1.165, 1.54) is 0 Å². The Labute approximate surface area is 127 Å². The molecule has 6 nitrogen and oxygen atoms in total. The predicted molar refractivity (Wildman–Crippen MR) is 81.2 cm³/mol. The molecule has 1 saturated carbocycles. The average Bonchev–Trinajstić information content (AvgIpc) is 3.25. The highest BCUT2D eigenvalue weighted by Crippen LogP contribution is 2.36. The summed E-state index contributed by atoms with van der Waals surface area (Å²) in [5.41, 5.74) is 2.11. The summed E-state index contributed by atoms with van der Waals surface area (Å²) in [6.45, 7) is 0. The number of aromatic nitrogens is 2. The van der Waals surface area contributed by atoms with Crippen molar-refractivity contribution in [2.45, 2.75) is 37.8 Å². The van der Waals surface area contributed by atoms with Gasteiger partial charge in [0, 0.05) is 6.42 Å². The molecule has 114 valence electrons. The molecule has 3 N–H and O–H groups in total. The normalized spacial score (nSPS) is 25.0. The second-order valence-electron chi connectivity index (χ2n) is 6.15. The number of aromatic amines is 1. The molecule has 2 aliphatic rings. The highest BCUT2D eigenvalue weighted by atomic mass is 16.2. The highest BCUT2D eigenvalue weighted by Gasteiger charge is 2.40. The molecule has 2 aromatic rings. The zero-order valence-electron chi connectivity index (χ0n) is 12.1. The van der Waals surface area contributed by atoms with Crippen LogP contribution < -0.4 is 10.6 Å². The average molecular weight is 298 g/mol. The minimum atomic E-state index is -0.121. The van der Waals surface area contributed by atoms with Crippen LogP contribution in [0.4, 0.5) is 0 Å². The molecule has 1 aliphatic heterocycles. The number of piperidine rings is 1. The Kier molecular flexibility index (Phi) is 3.10. The Balaban J connectivity index is 1.55. The van der Waals surface area contributed by atoms with E-state index in [0.717, 1.165) is 18.4 Å². The topological polar surface area (TPSA) is 86.9 Å². The van der Waals surface area contributed by atoms with E-state index in [4.69, 9.17) is 0 Å². The van der Waals surface area contributed by atoms with Gasteiger partial charge in [0.25, 0.3) is 5.91 Å². The summed E-state index contributed by atoms with van der Waals surface area (Å²) in [6.07, 6.45) is 5.03. The van der Waals surface area contributed by atoms with E-state index in [9.17, 15) is 9.59 Å². The van der Waals surface area contributed by atoms with E-state index >= 15 is 0 Å². The fraction of sp³-hybridized carbons (Fsp3) is 0.438. The SMILES string of the molecule is O=C1CC[C@@H](NC(=O)c2cccc3[nH]cnc23)[C@H](C2CC2)N1. The van der Waals surface area contributed by atoms with E-state index in [1.807, 2.05) is 12.1 Å². The lowest BCUT2D eigenvalue weighted by Crippen LogP contribution is -2.56. The second-order valence-corrected chi connectivity index (χ2v) is 6.15. The molecular formula is C16H18N4O2. The van der Waals surface area contributed by atoms with Crippen molar-refractivity contribution in [2.75, 3.05) is 0 Å². The Morgan fingerprint density at radius 1 is 1.27 bits per heavy atom. The van der Waals surface area contributed by atoms with Gasteiger partial charge in [-0.25, -0.2) is 4.98 Å². The smallest absolute Gasteiger partial charge is 0.253 e. The van der Waals surface area contributed by atoms with Gasteiger partial charge in [0.05, 0.1) is 29.5 Å². The number of amides is 2. The number of benzene rings is 1. The van der Waals surface area contributed by atoms with Gasteiger partial charge in [-0.3, -0.25) is 9.59 Å². The van der Waals surface area contributed by atoms with Gasteiger partial charge in [0.2, 0.25) is 5.91 Å². The summed E-state index contributed by atoms with van der Waals surface area (Å²) in [5.74, 6) is 0.483. The Morgan fingerprint density at radius 2 is 2.14 bits per heavy atom. The van der Waals surface area contributed by atoms with Gasteiger partial charge in [-0.15, -0.1) is 0 Å². The van der Waals surface area contributed by atoms with Crippen LogP contribution in [0.15, 0.2) is 24.5 Å². The van der Waals surface area contributed by atoms with Gasteiger partial charge in [-0.1, -0.05) is 6.07 Å². The highest BCUT2D eigenvalue weighted by molar-refractivity contribution is 6.05. The number of hydrogen-bond donors (Lipinski definition) is 3. The third kappa shape index (κ3) is 2.34. The first-order valence-corrected chi connectivity index (χ1v) is 7.75. The fourth-order valence-electron chi connectivity index (χ4n) is 3.28. The maximum atomic E-state index is 12.6. The third-order valence-electron chi connectivity index (χ3n) is 4.58. The van der Waals surface area contributed by atoms with Gasteiger partial charge >= 0.3 is 0 Å². The number of H-pyrrole nitrogens is 1. The molecular weight excluding hydrogens is 280 g/mol. The van der Waals surface area contributed by atoms with Crippen molar-refractivity contribution in [1.82, 2.24) is 20.6 Å². The predicted octanol–water partition coefficient (Wildman–Crippen LogP) is 1.35. The third-order valence-corrected chi connectivity index (χ3v) is 4.58. The molecule has 6 heteroatoms. The largest absolute Gasteiger partial charge is 0.351 e. The van der Waals surface area contributed by atoms with Crippen LogP contribution in [0.1, 0.15) is 36.0 Å². The minimum absolute atomic E-state index is 0.00639. The maximum absolute atomic E-state index is 12.6. The second kappa shape index (κ2) is 5.12. The van der Waals surface area contributed by atoms with Crippen LogP contribution in [-0.4, -0.2) is 33.9 Å². The molecule has 1 aromatic heterocycles. The first-order chi connectivity index (χ1) is 10.7. The van der Waals surface area contributed by atoms with Crippen molar-refractivity contribution in [3.63, 3.8) is 0 Å². The summed E-state index contributed by atoms with van der Waals surface area (Å²) in [5, 5.41) is 6.14. The molecule has 2 fully saturated rings. The monoisotopic (exact) mass is 298 g/mol. The summed E-state index contributed by atoms with van der Waals surface area (Å²) in [7, 11) is 0. The lowest BCUT2D eigenvalue weighted by atomic mass is 9.94. The van der Waals surface area contributed by atoms with E-state index in [1.54, 1.807) is 12.4 Å². The van der Waals surface area contributed by atoms with E-state index < -0.39 is 0 Å². The summed E-state index contributed by atoms with van der Waals surface area (Å²) >= 11 is 0. The van der Waals surface area contributed by atoms with Crippen molar-refractivity contribution in [2.24, 2.45) is 5.92 Å². The van der Waals surface area contributed by atoms with E-state index in [2.05, 4.69) is 20.6 Å². The van der Waals surface area contributed by atoms with Crippen molar-refractivity contribution < 1.29 is 9.59 Å². The van der Waals surface area contributed by atoms with Crippen LogP contribution in [0.25, 0.3) is 11.0 Å². The fourth-order valence-corrected chi connectivity index (χ4v) is 3.28. The first kappa shape index (κ1) is 13.3. The van der Waals surface area contributed by atoms with Crippen LogP contribution in [-0.2, 0) is 4.79 Å². The van der Waals surface area contributed by atoms with Crippen molar-refractivity contribution >= 4 is 22.8 Å². The number of nitrogens with one attached hydrogen (secondary N) is 3. The number of fused-ring (bicyclic) bond motifs is 1. The van der Waals surface area contributed by atoms with Gasteiger partial charge in [-0.05, 0) is 37.3 Å². The van der Waals surface area contributed by atoms with Crippen LogP contribution in [0, 0.1) is 5.92 Å². The summed E-state index contributed by atoms with van der Waals surface area (Å²) in [6, 6.07) is 5.60. The van der Waals surface area contributed by atoms with Crippen LogP contribution >= 0.6 is 0 Å². The molecule has 2 heterocycles. The van der Waals surface area contributed by atoms with E-state index in [0.29, 0.717) is 29.8 Å². The summed E-state index contributed by atoms with van der Waals surface area (Å²) in [4.78, 5) is 31.5. The van der Waals surface area contributed by atoms with E-state index in [-0.39, 0.29) is 23.9 Å². The molecule has 0 spiro atoms. The number of carbonyl (C=O) groups excluding carboxylic acids is 2. The Bertz CT molecular complexity index is 735. The molecule has 0 bridgehead atoms. The number of para-hydroxylation sites is 1. The molecule has 2 atom stereocenters. The van der Waals surface area contributed by atoms with Gasteiger partial charge in [0.1, 0.15) is 5.52 Å². The Morgan fingerprint density at radius 3 is 2.95 bits per heavy atom. The maximum Gasteiger partial charge on any atom is 0.253 e. The van der Waals surface area contributed by atoms with Crippen LogP contribution in [0.3, 0.4) is 0 Å². The lowest BCUT2D eigenvalue weighted by molar-refractivity contribution is -0.124.